The lowest BCUT2D eigenvalue weighted by Crippen LogP contribution is -3.06. The third kappa shape index (κ3) is 3.86. The van der Waals surface area contributed by atoms with E-state index in [2.05, 4.69) is 30.0 Å². The lowest BCUT2D eigenvalue weighted by atomic mass is 10.3. The molecule has 0 atom stereocenters. The van der Waals surface area contributed by atoms with Gasteiger partial charge in [0, 0.05) is 4.47 Å². The average molecular weight is 280 g/mol. The maximum absolute atomic E-state index is 5.98. The molecule has 0 aliphatic rings. The summed E-state index contributed by atoms with van der Waals surface area (Å²) in [7, 11) is 4.18. The molecule has 14 heavy (non-hydrogen) atoms. The fourth-order valence-electron chi connectivity index (χ4n) is 0.957. The van der Waals surface area contributed by atoms with Crippen molar-refractivity contribution in [1.29, 1.82) is 0 Å². The SMILES string of the molecule is C[NH+](C)CCOc1ccc(Br)cc1Cl. The van der Waals surface area contributed by atoms with Crippen molar-refractivity contribution in [2.75, 3.05) is 27.2 Å². The molecule has 0 unspecified atom stereocenters. The van der Waals surface area contributed by atoms with E-state index in [0.29, 0.717) is 11.6 Å². The summed E-state index contributed by atoms with van der Waals surface area (Å²) >= 11 is 9.33. The van der Waals surface area contributed by atoms with Crippen molar-refractivity contribution in [2.24, 2.45) is 0 Å². The van der Waals surface area contributed by atoms with Crippen molar-refractivity contribution >= 4 is 27.5 Å². The van der Waals surface area contributed by atoms with E-state index in [4.69, 9.17) is 16.3 Å². The number of quaternary nitrogens is 1. The van der Waals surface area contributed by atoms with Gasteiger partial charge in [-0.15, -0.1) is 0 Å². The Kier molecular flexibility index (Phi) is 4.72. The van der Waals surface area contributed by atoms with Crippen molar-refractivity contribution in [3.05, 3.63) is 27.7 Å². The Hall–Kier alpha value is -0.250. The van der Waals surface area contributed by atoms with Gasteiger partial charge in [-0.1, -0.05) is 27.5 Å². The number of hydrogen-bond donors (Lipinski definition) is 1. The maximum Gasteiger partial charge on any atom is 0.138 e. The third-order valence-corrected chi connectivity index (χ3v) is 2.54. The fraction of sp³-hybridized carbons (Fsp3) is 0.400. The van der Waals surface area contributed by atoms with Crippen LogP contribution in [-0.4, -0.2) is 27.2 Å². The maximum atomic E-state index is 5.98. The van der Waals surface area contributed by atoms with Crippen LogP contribution in [0, 0.1) is 0 Å². The Morgan fingerprint density at radius 2 is 2.14 bits per heavy atom. The third-order valence-electron chi connectivity index (χ3n) is 1.75. The molecule has 1 aromatic carbocycles. The molecule has 0 fully saturated rings. The van der Waals surface area contributed by atoms with E-state index in [0.717, 1.165) is 16.8 Å². The van der Waals surface area contributed by atoms with Crippen molar-refractivity contribution in [1.82, 2.24) is 0 Å². The zero-order valence-electron chi connectivity index (χ0n) is 8.31. The fourth-order valence-corrected chi connectivity index (χ4v) is 1.69. The van der Waals surface area contributed by atoms with Crippen LogP contribution in [0.4, 0.5) is 0 Å². The van der Waals surface area contributed by atoms with Crippen LogP contribution in [0.5, 0.6) is 5.75 Å². The molecular formula is C10H14BrClNO+. The molecule has 0 bridgehead atoms. The van der Waals surface area contributed by atoms with Gasteiger partial charge in [0.1, 0.15) is 18.9 Å². The van der Waals surface area contributed by atoms with Crippen molar-refractivity contribution in [3.8, 4) is 5.75 Å². The summed E-state index contributed by atoms with van der Waals surface area (Å²) in [4.78, 5) is 1.36. The molecule has 1 aromatic rings. The average Bonchev–Trinajstić information content (AvgIpc) is 2.08. The van der Waals surface area contributed by atoms with Gasteiger partial charge in [-0.25, -0.2) is 0 Å². The summed E-state index contributed by atoms with van der Waals surface area (Å²) in [6.07, 6.45) is 0. The number of benzene rings is 1. The highest BCUT2D eigenvalue weighted by molar-refractivity contribution is 9.10. The second kappa shape index (κ2) is 5.59. The lowest BCUT2D eigenvalue weighted by Gasteiger charge is -2.10. The summed E-state index contributed by atoms with van der Waals surface area (Å²) in [5.74, 6) is 0.746. The van der Waals surface area contributed by atoms with Gasteiger partial charge < -0.3 is 9.64 Å². The van der Waals surface area contributed by atoms with Gasteiger partial charge in [0.25, 0.3) is 0 Å². The quantitative estimate of drug-likeness (QED) is 0.884. The molecule has 0 aromatic heterocycles. The first kappa shape index (κ1) is 11.8. The predicted octanol–water partition coefficient (Wildman–Crippen LogP) is 1.63. The van der Waals surface area contributed by atoms with E-state index in [-0.39, 0.29) is 0 Å². The molecule has 1 N–H and O–H groups in total. The molecule has 78 valence electrons. The van der Waals surface area contributed by atoms with Crippen LogP contribution in [-0.2, 0) is 0 Å². The molecule has 0 spiro atoms. The molecule has 4 heteroatoms. The molecule has 2 nitrogen and oxygen atoms in total. The Morgan fingerprint density at radius 3 is 2.71 bits per heavy atom. The number of ether oxygens (including phenoxy) is 1. The zero-order valence-corrected chi connectivity index (χ0v) is 10.7. The number of hydrogen-bond acceptors (Lipinski definition) is 1. The Balaban J connectivity index is 2.51. The van der Waals surface area contributed by atoms with Gasteiger partial charge in [0.2, 0.25) is 0 Å². The van der Waals surface area contributed by atoms with Gasteiger partial charge >= 0.3 is 0 Å². The summed E-state index contributed by atoms with van der Waals surface area (Å²) in [5, 5.41) is 0.646. The second-order valence-electron chi connectivity index (χ2n) is 3.38. The number of halogens is 2. The van der Waals surface area contributed by atoms with Crippen molar-refractivity contribution < 1.29 is 9.64 Å². The topological polar surface area (TPSA) is 13.7 Å². The Bertz CT molecular complexity index is 304. The van der Waals surface area contributed by atoms with Crippen molar-refractivity contribution in [3.63, 3.8) is 0 Å². The summed E-state index contributed by atoms with van der Waals surface area (Å²) in [6.45, 7) is 1.65. The first-order chi connectivity index (χ1) is 6.59. The van der Waals surface area contributed by atoms with Crippen LogP contribution in [0.2, 0.25) is 5.02 Å². The van der Waals surface area contributed by atoms with Gasteiger partial charge in [0.15, 0.2) is 0 Å². The molecule has 0 aliphatic heterocycles. The van der Waals surface area contributed by atoms with Gasteiger partial charge in [-0.2, -0.15) is 0 Å². The van der Waals surface area contributed by atoms with E-state index in [9.17, 15) is 0 Å². The van der Waals surface area contributed by atoms with Crippen LogP contribution in [0.3, 0.4) is 0 Å². The van der Waals surface area contributed by atoms with E-state index < -0.39 is 0 Å². The van der Waals surface area contributed by atoms with Crippen molar-refractivity contribution in [2.45, 2.75) is 0 Å². The van der Waals surface area contributed by atoms with Crippen LogP contribution < -0.4 is 9.64 Å². The molecule has 0 radical (unpaired) electrons. The van der Waals surface area contributed by atoms with Gasteiger partial charge in [-0.3, -0.25) is 0 Å². The van der Waals surface area contributed by atoms with Crippen LogP contribution in [0.25, 0.3) is 0 Å². The number of rotatable bonds is 4. The van der Waals surface area contributed by atoms with Crippen LogP contribution in [0.15, 0.2) is 22.7 Å². The first-order valence-electron chi connectivity index (χ1n) is 4.46. The Morgan fingerprint density at radius 1 is 1.43 bits per heavy atom. The number of nitrogens with one attached hydrogen (secondary N) is 1. The first-order valence-corrected chi connectivity index (χ1v) is 5.63. The lowest BCUT2D eigenvalue weighted by molar-refractivity contribution is -0.858. The van der Waals surface area contributed by atoms with Gasteiger partial charge in [0.05, 0.1) is 19.1 Å². The van der Waals surface area contributed by atoms with E-state index in [1.807, 2.05) is 18.2 Å². The molecule has 0 saturated heterocycles. The van der Waals surface area contributed by atoms with Gasteiger partial charge in [-0.05, 0) is 18.2 Å². The molecular weight excluding hydrogens is 265 g/mol. The molecule has 1 rings (SSSR count). The molecule has 0 saturated carbocycles. The summed E-state index contributed by atoms with van der Waals surface area (Å²) in [6, 6.07) is 5.63. The van der Waals surface area contributed by atoms with E-state index in [1.54, 1.807) is 0 Å². The Labute approximate surface area is 97.9 Å². The normalized spacial score (nSPS) is 10.6. The standard InChI is InChI=1S/C10H13BrClNO/c1-13(2)5-6-14-10-4-3-8(11)7-9(10)12/h3-4,7H,5-6H2,1-2H3/p+1. The minimum Gasteiger partial charge on any atom is -0.486 e. The monoisotopic (exact) mass is 278 g/mol. The smallest absolute Gasteiger partial charge is 0.138 e. The van der Waals surface area contributed by atoms with Crippen LogP contribution >= 0.6 is 27.5 Å². The molecule has 0 heterocycles. The predicted molar refractivity (Wildman–Crippen MR) is 62.3 cm³/mol. The largest absolute Gasteiger partial charge is 0.486 e. The highest BCUT2D eigenvalue weighted by atomic mass is 79.9. The number of likely N-dealkylation sites (N-methyl/N-ethyl adjacent to an activating group) is 1. The molecule has 0 aliphatic carbocycles. The highest BCUT2D eigenvalue weighted by Crippen LogP contribution is 2.27. The minimum absolute atomic E-state index is 0.646. The van der Waals surface area contributed by atoms with Crippen LogP contribution in [0.1, 0.15) is 0 Å². The minimum atomic E-state index is 0.646. The molecule has 0 amide bonds. The summed E-state index contributed by atoms with van der Waals surface area (Å²) < 4.78 is 6.49. The highest BCUT2D eigenvalue weighted by Gasteiger charge is 2.02. The van der Waals surface area contributed by atoms with E-state index >= 15 is 0 Å². The second-order valence-corrected chi connectivity index (χ2v) is 4.70. The zero-order chi connectivity index (χ0) is 10.6. The summed E-state index contributed by atoms with van der Waals surface area (Å²) in [5.41, 5.74) is 0. The van der Waals surface area contributed by atoms with E-state index in [1.165, 1.54) is 4.90 Å².